The molecular weight excluding hydrogens is 281 g/mol. The first-order valence-corrected chi connectivity index (χ1v) is 6.59. The minimum atomic E-state index is -4.45. The third-order valence-electron chi connectivity index (χ3n) is 3.56. The maximum atomic E-state index is 12.7. The van der Waals surface area contributed by atoms with Gasteiger partial charge in [0.1, 0.15) is 17.8 Å². The van der Waals surface area contributed by atoms with Gasteiger partial charge in [0.2, 0.25) is 0 Å². The number of alkyl halides is 3. The number of halogens is 3. The van der Waals surface area contributed by atoms with E-state index in [1.807, 2.05) is 23.1 Å². The van der Waals surface area contributed by atoms with Crippen LogP contribution in [0.15, 0.2) is 36.8 Å². The zero-order chi connectivity index (χ0) is 14.9. The third kappa shape index (κ3) is 2.96. The summed E-state index contributed by atoms with van der Waals surface area (Å²) in [5, 5.41) is 0. The van der Waals surface area contributed by atoms with E-state index in [4.69, 9.17) is 0 Å². The van der Waals surface area contributed by atoms with Crippen molar-refractivity contribution in [2.75, 3.05) is 18.0 Å². The van der Waals surface area contributed by atoms with Gasteiger partial charge in [-0.2, -0.15) is 13.2 Å². The Morgan fingerprint density at radius 3 is 2.71 bits per heavy atom. The Morgan fingerprint density at radius 2 is 2.00 bits per heavy atom. The Hall–Kier alpha value is -2.18. The number of anilines is 1. The van der Waals surface area contributed by atoms with E-state index in [-0.39, 0.29) is 5.92 Å². The Kier molecular flexibility index (Phi) is 3.48. The lowest BCUT2D eigenvalue weighted by Crippen LogP contribution is -2.22. The summed E-state index contributed by atoms with van der Waals surface area (Å²) in [6.07, 6.45) is -0.906. The molecule has 1 aliphatic heterocycles. The summed E-state index contributed by atoms with van der Waals surface area (Å²) in [5.74, 6) is 0.534. The van der Waals surface area contributed by atoms with Crippen LogP contribution in [-0.2, 0) is 6.18 Å². The molecule has 0 amide bonds. The first-order valence-electron chi connectivity index (χ1n) is 6.59. The van der Waals surface area contributed by atoms with Crippen LogP contribution < -0.4 is 4.90 Å². The maximum Gasteiger partial charge on any atom is 0.433 e. The van der Waals surface area contributed by atoms with Crippen LogP contribution in [0.4, 0.5) is 19.0 Å². The fraction of sp³-hybridized carbons (Fsp3) is 0.357. The van der Waals surface area contributed by atoms with E-state index in [2.05, 4.69) is 15.0 Å². The largest absolute Gasteiger partial charge is 0.433 e. The third-order valence-corrected chi connectivity index (χ3v) is 3.56. The summed E-state index contributed by atoms with van der Waals surface area (Å²) in [5.41, 5.74) is 0.0545. The van der Waals surface area contributed by atoms with Crippen molar-refractivity contribution in [2.45, 2.75) is 18.5 Å². The maximum absolute atomic E-state index is 12.7. The number of hydrogen-bond donors (Lipinski definition) is 0. The minimum Gasteiger partial charge on any atom is -0.356 e. The van der Waals surface area contributed by atoms with E-state index >= 15 is 0 Å². The number of aromatic nitrogens is 3. The standard InChI is InChI=1S/C14H13F3N4/c15-14(16,17)12-7-13(20-9-19-12)21-6-4-10(8-21)11-3-1-2-5-18-11/h1-3,5,7,9-10H,4,6,8H2. The van der Waals surface area contributed by atoms with Crippen LogP contribution in [0.5, 0.6) is 0 Å². The van der Waals surface area contributed by atoms with Gasteiger partial charge in [0, 0.05) is 37.0 Å². The lowest BCUT2D eigenvalue weighted by molar-refractivity contribution is -0.141. The Balaban J connectivity index is 1.78. The van der Waals surface area contributed by atoms with Crippen molar-refractivity contribution in [1.29, 1.82) is 0 Å². The molecule has 2 aromatic heterocycles. The molecule has 3 rings (SSSR count). The molecule has 0 aromatic carbocycles. The predicted molar refractivity (Wildman–Crippen MR) is 70.8 cm³/mol. The van der Waals surface area contributed by atoms with Crippen molar-refractivity contribution >= 4 is 5.82 Å². The molecule has 3 heterocycles. The van der Waals surface area contributed by atoms with E-state index < -0.39 is 11.9 Å². The fourth-order valence-electron chi connectivity index (χ4n) is 2.50. The Bertz CT molecular complexity index is 615. The minimum absolute atomic E-state index is 0.218. The second-order valence-electron chi connectivity index (χ2n) is 4.95. The van der Waals surface area contributed by atoms with E-state index in [9.17, 15) is 13.2 Å². The summed E-state index contributed by atoms with van der Waals surface area (Å²) in [6, 6.07) is 6.70. The molecule has 1 aliphatic rings. The van der Waals surface area contributed by atoms with Crippen LogP contribution >= 0.6 is 0 Å². The molecule has 4 nitrogen and oxygen atoms in total. The van der Waals surface area contributed by atoms with Crippen LogP contribution in [0, 0.1) is 0 Å². The average Bonchev–Trinajstić information content (AvgIpc) is 2.97. The summed E-state index contributed by atoms with van der Waals surface area (Å²) in [6.45, 7) is 1.28. The molecule has 0 saturated carbocycles. The lowest BCUT2D eigenvalue weighted by atomic mass is 10.0. The summed E-state index contributed by atoms with van der Waals surface area (Å²) >= 11 is 0. The van der Waals surface area contributed by atoms with Gasteiger partial charge in [-0.25, -0.2) is 9.97 Å². The molecule has 0 radical (unpaired) electrons. The summed E-state index contributed by atoms with van der Waals surface area (Å²) in [7, 11) is 0. The van der Waals surface area contributed by atoms with Crippen molar-refractivity contribution in [1.82, 2.24) is 15.0 Å². The van der Waals surface area contributed by atoms with Crippen molar-refractivity contribution in [3.63, 3.8) is 0 Å². The molecule has 1 fully saturated rings. The van der Waals surface area contributed by atoms with Gasteiger partial charge in [0.25, 0.3) is 0 Å². The highest BCUT2D eigenvalue weighted by Crippen LogP contribution is 2.32. The van der Waals surface area contributed by atoms with Gasteiger partial charge < -0.3 is 4.90 Å². The van der Waals surface area contributed by atoms with Crippen molar-refractivity contribution in [3.05, 3.63) is 48.2 Å². The molecular formula is C14H13F3N4. The van der Waals surface area contributed by atoms with E-state index in [0.29, 0.717) is 18.9 Å². The van der Waals surface area contributed by atoms with E-state index in [1.165, 1.54) is 0 Å². The molecule has 110 valence electrons. The topological polar surface area (TPSA) is 41.9 Å². The highest BCUT2D eigenvalue weighted by Gasteiger charge is 2.34. The Morgan fingerprint density at radius 1 is 1.14 bits per heavy atom. The highest BCUT2D eigenvalue weighted by atomic mass is 19.4. The van der Waals surface area contributed by atoms with Gasteiger partial charge in [-0.3, -0.25) is 4.98 Å². The fourth-order valence-corrected chi connectivity index (χ4v) is 2.50. The number of hydrogen-bond acceptors (Lipinski definition) is 4. The highest BCUT2D eigenvalue weighted by molar-refractivity contribution is 5.42. The van der Waals surface area contributed by atoms with Gasteiger partial charge in [-0.05, 0) is 18.6 Å². The molecule has 21 heavy (non-hydrogen) atoms. The van der Waals surface area contributed by atoms with Gasteiger partial charge >= 0.3 is 6.18 Å². The van der Waals surface area contributed by atoms with Crippen molar-refractivity contribution in [3.8, 4) is 0 Å². The molecule has 0 bridgehead atoms. The first-order chi connectivity index (χ1) is 10.0. The monoisotopic (exact) mass is 294 g/mol. The number of nitrogens with zero attached hydrogens (tertiary/aromatic N) is 4. The zero-order valence-electron chi connectivity index (χ0n) is 11.1. The molecule has 0 spiro atoms. The number of pyridine rings is 1. The molecule has 1 atom stereocenters. The van der Waals surface area contributed by atoms with Gasteiger partial charge in [0.05, 0.1) is 0 Å². The van der Waals surface area contributed by atoms with E-state index in [0.717, 1.165) is 24.5 Å². The normalized spacial score (nSPS) is 19.0. The van der Waals surface area contributed by atoms with Crippen molar-refractivity contribution in [2.24, 2.45) is 0 Å². The second kappa shape index (κ2) is 5.31. The predicted octanol–water partition coefficient (Wildman–Crippen LogP) is 2.88. The SMILES string of the molecule is FC(F)(F)c1cc(N2CCC(c3ccccn3)C2)ncn1. The second-order valence-corrected chi connectivity index (χ2v) is 4.95. The quantitative estimate of drug-likeness (QED) is 0.854. The smallest absolute Gasteiger partial charge is 0.356 e. The van der Waals surface area contributed by atoms with Crippen LogP contribution in [-0.4, -0.2) is 28.0 Å². The lowest BCUT2D eigenvalue weighted by Gasteiger charge is -2.18. The number of rotatable bonds is 2. The van der Waals surface area contributed by atoms with E-state index in [1.54, 1.807) is 6.20 Å². The van der Waals surface area contributed by atoms with Gasteiger partial charge in [-0.1, -0.05) is 6.07 Å². The molecule has 1 saturated heterocycles. The van der Waals surface area contributed by atoms with Gasteiger partial charge in [-0.15, -0.1) is 0 Å². The molecule has 1 unspecified atom stereocenters. The Labute approximate surface area is 119 Å². The summed E-state index contributed by atoms with van der Waals surface area (Å²) in [4.78, 5) is 13.4. The van der Waals surface area contributed by atoms with Crippen LogP contribution in [0.25, 0.3) is 0 Å². The molecule has 0 aliphatic carbocycles. The average molecular weight is 294 g/mol. The summed E-state index contributed by atoms with van der Waals surface area (Å²) < 4.78 is 38.0. The van der Waals surface area contributed by atoms with Crippen LogP contribution in [0.2, 0.25) is 0 Å². The van der Waals surface area contributed by atoms with Crippen molar-refractivity contribution < 1.29 is 13.2 Å². The van der Waals surface area contributed by atoms with Gasteiger partial charge in [0.15, 0.2) is 0 Å². The van der Waals surface area contributed by atoms with Crippen LogP contribution in [0.1, 0.15) is 23.7 Å². The zero-order valence-corrected chi connectivity index (χ0v) is 11.1. The molecule has 0 N–H and O–H groups in total. The first kappa shape index (κ1) is 13.8. The molecule has 2 aromatic rings. The van der Waals surface area contributed by atoms with Crippen LogP contribution in [0.3, 0.4) is 0 Å². The molecule has 7 heteroatoms.